The Kier molecular flexibility index (Phi) is 6.96. The smallest absolute Gasteiger partial charge is 0.251 e. The molecule has 27 heavy (non-hydrogen) atoms. The van der Waals surface area contributed by atoms with Crippen molar-refractivity contribution in [1.29, 1.82) is 0 Å². The first-order valence-corrected chi connectivity index (χ1v) is 10.2. The number of nitrogens with one attached hydrogen (secondary N) is 1. The fourth-order valence-corrected chi connectivity index (χ4v) is 4.07. The predicted octanol–water partition coefficient (Wildman–Crippen LogP) is 2.56. The van der Waals surface area contributed by atoms with Crippen molar-refractivity contribution in [3.05, 3.63) is 23.8 Å². The van der Waals surface area contributed by atoms with Gasteiger partial charge in [0.25, 0.3) is 5.91 Å². The number of carbonyl (C=O) groups is 1. The number of benzene rings is 1. The molecule has 2 aliphatic rings. The molecule has 1 aromatic carbocycles. The highest BCUT2D eigenvalue weighted by Gasteiger charge is 2.28. The number of rotatable bonds is 7. The molecule has 3 N–H and O–H groups in total. The maximum atomic E-state index is 12.2. The number of carbonyl (C=O) groups excluding carboxylic acids is 1. The summed E-state index contributed by atoms with van der Waals surface area (Å²) in [7, 11) is 1.61. The highest BCUT2D eigenvalue weighted by molar-refractivity contribution is 5.94. The molecule has 1 atom stereocenters. The molecule has 0 radical (unpaired) electrons. The second kappa shape index (κ2) is 9.42. The lowest BCUT2D eigenvalue weighted by atomic mass is 10.0. The van der Waals surface area contributed by atoms with Crippen LogP contribution in [0.4, 0.5) is 0 Å². The van der Waals surface area contributed by atoms with Crippen molar-refractivity contribution in [2.75, 3.05) is 26.7 Å². The molecule has 1 aromatic rings. The second-order valence-electron chi connectivity index (χ2n) is 7.84. The third-order valence-corrected chi connectivity index (χ3v) is 5.62. The fraction of sp³-hybridized carbons (Fsp3) is 0.667. The van der Waals surface area contributed by atoms with Crippen molar-refractivity contribution in [2.45, 2.75) is 63.6 Å². The molecule has 1 saturated carbocycles. The molecule has 1 aliphatic heterocycles. The van der Waals surface area contributed by atoms with Crippen molar-refractivity contribution in [1.82, 2.24) is 10.2 Å². The van der Waals surface area contributed by atoms with Crippen molar-refractivity contribution in [3.8, 4) is 11.5 Å². The number of nitrogens with zero attached hydrogens (tertiary/aromatic N) is 1. The lowest BCUT2D eigenvalue weighted by Crippen LogP contribution is -2.43. The van der Waals surface area contributed by atoms with Gasteiger partial charge in [-0.3, -0.25) is 4.79 Å². The molecule has 6 nitrogen and oxygen atoms in total. The number of hydrogen-bond donors (Lipinski definition) is 2. The van der Waals surface area contributed by atoms with Crippen LogP contribution in [0.5, 0.6) is 11.5 Å². The molecule has 1 unspecified atom stereocenters. The van der Waals surface area contributed by atoms with Gasteiger partial charge in [0.05, 0.1) is 7.11 Å². The van der Waals surface area contributed by atoms with Crippen molar-refractivity contribution >= 4 is 5.91 Å². The first kappa shape index (κ1) is 20.0. The maximum Gasteiger partial charge on any atom is 0.251 e. The Morgan fingerprint density at radius 3 is 2.56 bits per heavy atom. The van der Waals surface area contributed by atoms with Crippen LogP contribution < -0.4 is 20.5 Å². The van der Waals surface area contributed by atoms with E-state index < -0.39 is 0 Å². The van der Waals surface area contributed by atoms with E-state index in [2.05, 4.69) is 10.2 Å². The molecule has 0 bridgehead atoms. The highest BCUT2D eigenvalue weighted by atomic mass is 16.5. The van der Waals surface area contributed by atoms with E-state index in [1.807, 2.05) is 13.0 Å². The van der Waals surface area contributed by atoms with E-state index in [1.54, 1.807) is 19.2 Å². The average Bonchev–Trinajstić information content (AvgIpc) is 3.21. The molecule has 1 amide bonds. The number of nitrogens with two attached hydrogens (primary N) is 1. The zero-order valence-corrected chi connectivity index (χ0v) is 16.6. The number of piperidine rings is 1. The van der Waals surface area contributed by atoms with Crippen LogP contribution >= 0.6 is 0 Å². The molecule has 0 spiro atoms. The zero-order chi connectivity index (χ0) is 19.2. The van der Waals surface area contributed by atoms with E-state index in [1.165, 1.54) is 25.7 Å². The van der Waals surface area contributed by atoms with Crippen LogP contribution in [0.15, 0.2) is 18.2 Å². The van der Waals surface area contributed by atoms with Crippen molar-refractivity contribution in [2.24, 2.45) is 5.73 Å². The lowest BCUT2D eigenvalue weighted by molar-refractivity contribution is 0.0750. The quantitative estimate of drug-likeness (QED) is 0.766. The molecule has 2 fully saturated rings. The van der Waals surface area contributed by atoms with E-state index in [9.17, 15) is 4.79 Å². The average molecular weight is 376 g/mol. The molecule has 0 aromatic heterocycles. The highest BCUT2D eigenvalue weighted by Crippen LogP contribution is 2.32. The summed E-state index contributed by atoms with van der Waals surface area (Å²) in [4.78, 5) is 14.8. The number of hydrogen-bond acceptors (Lipinski definition) is 5. The second-order valence-corrected chi connectivity index (χ2v) is 7.84. The number of ether oxygens (including phenoxy) is 2. The van der Waals surface area contributed by atoms with Crippen LogP contribution in [0.1, 0.15) is 55.8 Å². The summed E-state index contributed by atoms with van der Waals surface area (Å²) < 4.78 is 11.7. The minimum atomic E-state index is -0.151. The molecular weight excluding hydrogens is 342 g/mol. The SMILES string of the molecule is COc1cc(C(=O)NCC(C)N)ccc1OC1CCN(C2CCCC2)CC1. The Bertz CT molecular complexity index is 621. The van der Waals surface area contributed by atoms with Crippen LogP contribution in [0.3, 0.4) is 0 Å². The summed E-state index contributed by atoms with van der Waals surface area (Å²) in [6.07, 6.45) is 7.74. The van der Waals surface area contributed by atoms with Crippen LogP contribution in [0.2, 0.25) is 0 Å². The standard InChI is InChI=1S/C21H33N3O3/c1-15(22)14-23-21(25)16-7-8-19(20(13-16)26-2)27-18-9-11-24(12-10-18)17-5-3-4-6-17/h7-8,13,15,17-18H,3-6,9-12,14,22H2,1-2H3,(H,23,25). The number of amides is 1. The van der Waals surface area contributed by atoms with Gasteiger partial charge in [0.1, 0.15) is 6.10 Å². The maximum absolute atomic E-state index is 12.2. The van der Waals surface area contributed by atoms with Crippen LogP contribution in [-0.4, -0.2) is 55.7 Å². The van der Waals surface area contributed by atoms with Gasteiger partial charge in [0, 0.05) is 37.3 Å². The Labute approximate surface area is 162 Å². The predicted molar refractivity (Wildman–Crippen MR) is 106 cm³/mol. The molecule has 1 aliphatic carbocycles. The van der Waals surface area contributed by atoms with Gasteiger partial charge in [0.15, 0.2) is 11.5 Å². The number of likely N-dealkylation sites (tertiary alicyclic amines) is 1. The van der Waals surface area contributed by atoms with Gasteiger partial charge in [-0.25, -0.2) is 0 Å². The van der Waals surface area contributed by atoms with E-state index in [-0.39, 0.29) is 18.1 Å². The monoisotopic (exact) mass is 375 g/mol. The zero-order valence-electron chi connectivity index (χ0n) is 16.6. The van der Waals surface area contributed by atoms with Gasteiger partial charge >= 0.3 is 0 Å². The summed E-state index contributed by atoms with van der Waals surface area (Å²) in [6.45, 7) is 4.51. The molecule has 3 rings (SSSR count). The van der Waals surface area contributed by atoms with Gasteiger partial charge < -0.3 is 25.4 Å². The van der Waals surface area contributed by atoms with Gasteiger partial charge in [0.2, 0.25) is 0 Å². The Balaban J connectivity index is 1.56. The summed E-state index contributed by atoms with van der Waals surface area (Å²) in [6, 6.07) is 6.06. The third kappa shape index (κ3) is 5.36. The van der Waals surface area contributed by atoms with E-state index >= 15 is 0 Å². The molecule has 1 heterocycles. The minimum Gasteiger partial charge on any atom is -0.493 e. The largest absolute Gasteiger partial charge is 0.493 e. The topological polar surface area (TPSA) is 76.8 Å². The van der Waals surface area contributed by atoms with Gasteiger partial charge in [-0.2, -0.15) is 0 Å². The van der Waals surface area contributed by atoms with Crippen molar-refractivity contribution in [3.63, 3.8) is 0 Å². The van der Waals surface area contributed by atoms with Gasteiger partial charge in [-0.15, -0.1) is 0 Å². The van der Waals surface area contributed by atoms with Gasteiger partial charge in [-0.1, -0.05) is 12.8 Å². The van der Waals surface area contributed by atoms with Crippen LogP contribution in [-0.2, 0) is 0 Å². The Morgan fingerprint density at radius 1 is 1.22 bits per heavy atom. The van der Waals surface area contributed by atoms with Crippen LogP contribution in [0.25, 0.3) is 0 Å². The molecule has 1 saturated heterocycles. The van der Waals surface area contributed by atoms with Gasteiger partial charge in [-0.05, 0) is 50.8 Å². The normalized spacial score (nSPS) is 20.4. The minimum absolute atomic E-state index is 0.0754. The van der Waals surface area contributed by atoms with Crippen LogP contribution in [0, 0.1) is 0 Å². The van der Waals surface area contributed by atoms with E-state index in [0.29, 0.717) is 23.6 Å². The van der Waals surface area contributed by atoms with E-state index in [4.69, 9.17) is 15.2 Å². The summed E-state index contributed by atoms with van der Waals surface area (Å²) in [5.74, 6) is 1.16. The van der Waals surface area contributed by atoms with Crippen molar-refractivity contribution < 1.29 is 14.3 Å². The Morgan fingerprint density at radius 2 is 1.93 bits per heavy atom. The summed E-state index contributed by atoms with van der Waals surface area (Å²) in [5, 5.41) is 2.82. The third-order valence-electron chi connectivity index (χ3n) is 5.62. The molecular formula is C21H33N3O3. The fourth-order valence-electron chi connectivity index (χ4n) is 4.07. The van der Waals surface area contributed by atoms with E-state index in [0.717, 1.165) is 32.0 Å². The summed E-state index contributed by atoms with van der Waals surface area (Å²) in [5.41, 5.74) is 6.24. The molecule has 150 valence electrons. The number of methoxy groups -OCH3 is 1. The first-order chi connectivity index (χ1) is 13.1. The molecule has 6 heteroatoms. The Hall–Kier alpha value is -1.79. The summed E-state index contributed by atoms with van der Waals surface area (Å²) >= 11 is 0. The first-order valence-electron chi connectivity index (χ1n) is 10.2. The lowest BCUT2D eigenvalue weighted by Gasteiger charge is -2.36.